The van der Waals surface area contributed by atoms with Gasteiger partial charge in [-0.05, 0) is 37.5 Å². The summed E-state index contributed by atoms with van der Waals surface area (Å²) in [5, 5.41) is 12.5. The first-order valence-corrected chi connectivity index (χ1v) is 7.10. The van der Waals surface area contributed by atoms with Crippen molar-refractivity contribution in [1.82, 2.24) is 0 Å². The van der Waals surface area contributed by atoms with Crippen molar-refractivity contribution in [1.29, 1.82) is 0 Å². The fourth-order valence-electron chi connectivity index (χ4n) is 2.46. The number of hydrogen-bond donors (Lipinski definition) is 2. The zero-order chi connectivity index (χ0) is 14.5. The molecule has 1 atom stereocenters. The number of hydrogen-bond acceptors (Lipinski definition) is 4. The molecule has 1 aliphatic heterocycles. The van der Waals surface area contributed by atoms with E-state index in [9.17, 15) is 0 Å². The van der Waals surface area contributed by atoms with E-state index in [0.717, 1.165) is 31.7 Å². The molecule has 1 aliphatic rings. The van der Waals surface area contributed by atoms with Gasteiger partial charge in [0, 0.05) is 36.5 Å². The molecular weight excluding hydrogens is 278 g/mol. The van der Waals surface area contributed by atoms with Crippen molar-refractivity contribution in [2.24, 2.45) is 10.9 Å². The molecule has 0 aromatic heterocycles. The van der Waals surface area contributed by atoms with Gasteiger partial charge >= 0.3 is 0 Å². The average molecular weight is 298 g/mol. The highest BCUT2D eigenvalue weighted by Gasteiger charge is 2.18. The first-order chi connectivity index (χ1) is 9.61. The molecule has 1 fully saturated rings. The fraction of sp³-hybridized carbons (Fsp3) is 0.500. The summed E-state index contributed by atoms with van der Waals surface area (Å²) in [7, 11) is 1.97. The lowest BCUT2D eigenvalue weighted by Crippen LogP contribution is -2.34. The van der Waals surface area contributed by atoms with Crippen LogP contribution in [0, 0.1) is 0 Å². The van der Waals surface area contributed by atoms with Crippen molar-refractivity contribution in [2.75, 3.05) is 25.1 Å². The number of halogens is 1. The van der Waals surface area contributed by atoms with E-state index in [1.807, 2.05) is 13.1 Å². The lowest BCUT2D eigenvalue weighted by Gasteiger charge is -2.29. The Morgan fingerprint density at radius 3 is 3.00 bits per heavy atom. The SMILES string of the molecule is CN(CC1CCCCO1)c1ccc(Cl)cc1C(N)=NO. The smallest absolute Gasteiger partial charge is 0.172 e. The van der Waals surface area contributed by atoms with Crippen molar-refractivity contribution < 1.29 is 9.94 Å². The molecule has 5 nitrogen and oxygen atoms in total. The predicted octanol–water partition coefficient (Wildman–Crippen LogP) is 2.44. The molecule has 1 aromatic rings. The van der Waals surface area contributed by atoms with Crippen molar-refractivity contribution in [3.8, 4) is 0 Å². The molecule has 0 saturated carbocycles. The van der Waals surface area contributed by atoms with Crippen molar-refractivity contribution in [3.05, 3.63) is 28.8 Å². The van der Waals surface area contributed by atoms with Gasteiger partial charge in [-0.2, -0.15) is 0 Å². The molecule has 1 unspecified atom stereocenters. The van der Waals surface area contributed by atoms with Crippen LogP contribution in [0.3, 0.4) is 0 Å². The second-order valence-electron chi connectivity index (χ2n) is 5.02. The maximum Gasteiger partial charge on any atom is 0.172 e. The maximum absolute atomic E-state index is 8.88. The highest BCUT2D eigenvalue weighted by Crippen LogP contribution is 2.25. The first-order valence-electron chi connectivity index (χ1n) is 6.72. The molecule has 0 bridgehead atoms. The number of anilines is 1. The number of rotatable bonds is 4. The number of ether oxygens (including phenoxy) is 1. The fourth-order valence-corrected chi connectivity index (χ4v) is 2.63. The second-order valence-corrected chi connectivity index (χ2v) is 5.45. The lowest BCUT2D eigenvalue weighted by molar-refractivity contribution is 0.0216. The molecule has 1 heterocycles. The Morgan fingerprint density at radius 1 is 1.55 bits per heavy atom. The monoisotopic (exact) mass is 297 g/mol. The van der Waals surface area contributed by atoms with Gasteiger partial charge in [-0.15, -0.1) is 0 Å². The Morgan fingerprint density at radius 2 is 2.35 bits per heavy atom. The number of amidine groups is 1. The van der Waals surface area contributed by atoms with Crippen molar-refractivity contribution >= 4 is 23.1 Å². The lowest BCUT2D eigenvalue weighted by atomic mass is 10.1. The summed E-state index contributed by atoms with van der Waals surface area (Å²) in [5.41, 5.74) is 7.22. The minimum absolute atomic E-state index is 0.0545. The molecule has 20 heavy (non-hydrogen) atoms. The zero-order valence-corrected chi connectivity index (χ0v) is 12.3. The predicted molar refractivity (Wildman–Crippen MR) is 80.8 cm³/mol. The third-order valence-electron chi connectivity index (χ3n) is 3.51. The van der Waals surface area contributed by atoms with Crippen LogP contribution < -0.4 is 10.6 Å². The number of nitrogens with zero attached hydrogens (tertiary/aromatic N) is 2. The van der Waals surface area contributed by atoms with Crippen LogP contribution in [-0.2, 0) is 4.74 Å². The van der Waals surface area contributed by atoms with Gasteiger partial charge in [0.1, 0.15) is 0 Å². The topological polar surface area (TPSA) is 71.1 Å². The van der Waals surface area contributed by atoms with E-state index in [2.05, 4.69) is 10.1 Å². The van der Waals surface area contributed by atoms with E-state index < -0.39 is 0 Å². The van der Waals surface area contributed by atoms with Gasteiger partial charge in [0.15, 0.2) is 5.84 Å². The average Bonchev–Trinajstić information content (AvgIpc) is 2.47. The second kappa shape index (κ2) is 6.81. The molecule has 1 aromatic carbocycles. The maximum atomic E-state index is 8.88. The number of nitrogens with two attached hydrogens (primary N) is 1. The number of oxime groups is 1. The minimum atomic E-state index is 0.0545. The van der Waals surface area contributed by atoms with E-state index in [1.54, 1.807) is 12.1 Å². The summed E-state index contributed by atoms with van der Waals surface area (Å²) in [6.45, 7) is 1.60. The summed E-state index contributed by atoms with van der Waals surface area (Å²) in [4.78, 5) is 2.06. The quantitative estimate of drug-likeness (QED) is 0.387. The van der Waals surface area contributed by atoms with Gasteiger partial charge < -0.3 is 20.6 Å². The van der Waals surface area contributed by atoms with Gasteiger partial charge in [0.25, 0.3) is 0 Å². The Bertz CT molecular complexity index is 487. The van der Waals surface area contributed by atoms with Crippen LogP contribution in [0.2, 0.25) is 5.02 Å². The third kappa shape index (κ3) is 3.55. The zero-order valence-electron chi connectivity index (χ0n) is 11.6. The summed E-state index contributed by atoms with van der Waals surface area (Å²) in [6.07, 6.45) is 3.63. The van der Waals surface area contributed by atoms with E-state index >= 15 is 0 Å². The van der Waals surface area contributed by atoms with Gasteiger partial charge in [0.2, 0.25) is 0 Å². The highest BCUT2D eigenvalue weighted by atomic mass is 35.5. The van der Waals surface area contributed by atoms with Crippen LogP contribution >= 0.6 is 11.6 Å². The number of likely N-dealkylation sites (N-methyl/N-ethyl adjacent to an activating group) is 1. The molecule has 0 radical (unpaired) electrons. The number of benzene rings is 1. The van der Waals surface area contributed by atoms with E-state index in [4.69, 9.17) is 27.3 Å². The first kappa shape index (κ1) is 14.9. The third-order valence-corrected chi connectivity index (χ3v) is 3.74. The normalized spacial score (nSPS) is 19.9. The molecular formula is C14H20ClN3O2. The molecule has 0 aliphatic carbocycles. The van der Waals surface area contributed by atoms with Gasteiger partial charge in [0.05, 0.1) is 6.10 Å². The largest absolute Gasteiger partial charge is 0.409 e. The van der Waals surface area contributed by atoms with E-state index in [0.29, 0.717) is 10.6 Å². The van der Waals surface area contributed by atoms with Crippen LogP contribution in [0.4, 0.5) is 5.69 Å². The molecule has 0 spiro atoms. The van der Waals surface area contributed by atoms with E-state index in [1.165, 1.54) is 6.42 Å². The standard InChI is InChI=1S/C14H20ClN3O2/c1-18(9-11-4-2-3-7-20-11)13-6-5-10(15)8-12(13)14(16)17-19/h5-6,8,11,19H,2-4,7,9H2,1H3,(H2,16,17). The van der Waals surface area contributed by atoms with Crippen molar-refractivity contribution in [2.45, 2.75) is 25.4 Å². The van der Waals surface area contributed by atoms with Crippen LogP contribution in [0.25, 0.3) is 0 Å². The molecule has 0 amide bonds. The van der Waals surface area contributed by atoms with Gasteiger partial charge in [-0.3, -0.25) is 0 Å². The van der Waals surface area contributed by atoms with Crippen molar-refractivity contribution in [3.63, 3.8) is 0 Å². The Hall–Kier alpha value is -1.46. The van der Waals surface area contributed by atoms with Crippen LogP contribution in [0.5, 0.6) is 0 Å². The van der Waals surface area contributed by atoms with Crippen LogP contribution in [-0.4, -0.2) is 37.3 Å². The Labute approximate surface area is 124 Å². The summed E-state index contributed by atoms with van der Waals surface area (Å²) in [6, 6.07) is 5.37. The van der Waals surface area contributed by atoms with Crippen LogP contribution in [0.15, 0.2) is 23.4 Å². The summed E-state index contributed by atoms with van der Waals surface area (Å²) >= 11 is 5.98. The Balaban J connectivity index is 2.18. The molecule has 1 saturated heterocycles. The molecule has 3 N–H and O–H groups in total. The van der Waals surface area contributed by atoms with Crippen LogP contribution in [0.1, 0.15) is 24.8 Å². The minimum Gasteiger partial charge on any atom is -0.409 e. The van der Waals surface area contributed by atoms with E-state index in [-0.39, 0.29) is 11.9 Å². The summed E-state index contributed by atoms with van der Waals surface area (Å²) < 4.78 is 5.74. The Kier molecular flexibility index (Phi) is 5.09. The molecule has 6 heteroatoms. The highest BCUT2D eigenvalue weighted by molar-refractivity contribution is 6.31. The van der Waals surface area contributed by atoms with Gasteiger partial charge in [-0.25, -0.2) is 0 Å². The van der Waals surface area contributed by atoms with Gasteiger partial charge in [-0.1, -0.05) is 16.8 Å². The summed E-state index contributed by atoms with van der Waals surface area (Å²) in [5.74, 6) is 0.0545. The molecule has 110 valence electrons. The molecule has 2 rings (SSSR count).